The van der Waals surface area contributed by atoms with E-state index < -0.39 is 0 Å². The van der Waals surface area contributed by atoms with Crippen molar-refractivity contribution in [1.29, 1.82) is 0 Å². The Morgan fingerprint density at radius 3 is 2.50 bits per heavy atom. The predicted octanol–water partition coefficient (Wildman–Crippen LogP) is 3.90. The van der Waals surface area contributed by atoms with E-state index in [1.54, 1.807) is 12.3 Å². The second-order valence-corrected chi connectivity index (χ2v) is 5.23. The highest BCUT2D eigenvalue weighted by atomic mass is 79.9. The quantitative estimate of drug-likeness (QED) is 0.669. The highest BCUT2D eigenvalue weighted by molar-refractivity contribution is 9.10. The Kier molecular flexibility index (Phi) is 3.24. The second kappa shape index (κ2) is 5.06. The molecule has 0 saturated carbocycles. The summed E-state index contributed by atoms with van der Waals surface area (Å²) in [6.45, 7) is 0. The molecule has 3 rings (SSSR count). The summed E-state index contributed by atoms with van der Waals surface area (Å²) in [7, 11) is 0. The van der Waals surface area contributed by atoms with Crippen molar-refractivity contribution in [3.63, 3.8) is 0 Å². The van der Waals surface area contributed by atoms with Crippen LogP contribution in [0.1, 0.15) is 20.7 Å². The summed E-state index contributed by atoms with van der Waals surface area (Å²) in [4.78, 5) is 23.8. The van der Waals surface area contributed by atoms with Crippen LogP contribution in [0.3, 0.4) is 0 Å². The Morgan fingerprint density at radius 2 is 1.75 bits per heavy atom. The minimum absolute atomic E-state index is 0.165. The van der Waals surface area contributed by atoms with Gasteiger partial charge in [-0.3, -0.25) is 14.2 Å². The van der Waals surface area contributed by atoms with Gasteiger partial charge in [-0.25, -0.2) is 0 Å². The van der Waals surface area contributed by atoms with Crippen molar-refractivity contribution < 1.29 is 9.59 Å². The number of halogens is 1. The first-order valence-electron chi connectivity index (χ1n) is 6.07. The van der Waals surface area contributed by atoms with E-state index in [1.807, 2.05) is 42.5 Å². The Bertz CT molecular complexity index is 820. The third-order valence-electron chi connectivity index (χ3n) is 3.19. The average Bonchev–Trinajstić information content (AvgIpc) is 2.86. The van der Waals surface area contributed by atoms with Crippen LogP contribution in [0.5, 0.6) is 0 Å². The van der Waals surface area contributed by atoms with Gasteiger partial charge in [0.1, 0.15) is 0 Å². The van der Waals surface area contributed by atoms with Gasteiger partial charge in [0.05, 0.1) is 11.1 Å². The van der Waals surface area contributed by atoms with Gasteiger partial charge in [-0.2, -0.15) is 0 Å². The molecule has 0 spiro atoms. The maximum Gasteiger partial charge on any atom is 0.263 e. The minimum atomic E-state index is -0.165. The SMILES string of the molecule is O=Cc1cn(C(=O)c2ccccc2Br)c2ccccc12. The van der Waals surface area contributed by atoms with Crippen LogP contribution < -0.4 is 0 Å². The van der Waals surface area contributed by atoms with Crippen LogP contribution in [0, 0.1) is 0 Å². The molecule has 1 aromatic heterocycles. The number of benzene rings is 2. The third-order valence-corrected chi connectivity index (χ3v) is 3.88. The topological polar surface area (TPSA) is 39.1 Å². The Labute approximate surface area is 124 Å². The van der Waals surface area contributed by atoms with E-state index in [0.717, 1.165) is 21.7 Å². The van der Waals surface area contributed by atoms with Gasteiger partial charge in [-0.15, -0.1) is 0 Å². The third kappa shape index (κ3) is 1.98. The summed E-state index contributed by atoms with van der Waals surface area (Å²) in [6, 6.07) is 14.6. The summed E-state index contributed by atoms with van der Waals surface area (Å²) >= 11 is 3.38. The first-order valence-corrected chi connectivity index (χ1v) is 6.86. The lowest BCUT2D eigenvalue weighted by Crippen LogP contribution is -2.11. The number of para-hydroxylation sites is 1. The molecule has 0 aliphatic heterocycles. The molecule has 2 aromatic carbocycles. The molecule has 0 amide bonds. The van der Waals surface area contributed by atoms with E-state index in [9.17, 15) is 9.59 Å². The highest BCUT2D eigenvalue weighted by Crippen LogP contribution is 2.23. The van der Waals surface area contributed by atoms with Gasteiger partial charge in [0, 0.05) is 21.6 Å². The van der Waals surface area contributed by atoms with Gasteiger partial charge in [-0.05, 0) is 34.1 Å². The summed E-state index contributed by atoms with van der Waals surface area (Å²) in [5, 5.41) is 0.780. The number of fused-ring (bicyclic) bond motifs is 1. The van der Waals surface area contributed by atoms with E-state index in [1.165, 1.54) is 4.57 Å². The molecule has 0 saturated heterocycles. The molecule has 1 heterocycles. The van der Waals surface area contributed by atoms with E-state index in [2.05, 4.69) is 15.9 Å². The lowest BCUT2D eigenvalue weighted by molar-refractivity contribution is 0.0964. The van der Waals surface area contributed by atoms with Gasteiger partial charge in [0.15, 0.2) is 6.29 Å². The summed E-state index contributed by atoms with van der Waals surface area (Å²) in [5.74, 6) is -0.165. The zero-order valence-electron chi connectivity index (χ0n) is 10.4. The summed E-state index contributed by atoms with van der Waals surface area (Å²) in [6.07, 6.45) is 2.35. The van der Waals surface area contributed by atoms with Gasteiger partial charge in [-0.1, -0.05) is 30.3 Å². The second-order valence-electron chi connectivity index (χ2n) is 4.37. The summed E-state index contributed by atoms with van der Waals surface area (Å²) < 4.78 is 2.24. The number of nitrogens with zero attached hydrogens (tertiary/aromatic N) is 1. The normalized spacial score (nSPS) is 10.7. The van der Waals surface area contributed by atoms with Crippen LogP contribution in [-0.4, -0.2) is 16.8 Å². The first kappa shape index (κ1) is 12.8. The van der Waals surface area contributed by atoms with Crippen LogP contribution in [0.2, 0.25) is 0 Å². The number of aromatic nitrogens is 1. The van der Waals surface area contributed by atoms with Crippen LogP contribution in [0.15, 0.2) is 59.2 Å². The average molecular weight is 328 g/mol. The molecule has 3 aromatic rings. The molecule has 0 aliphatic rings. The standard InChI is InChI=1S/C16H10BrNO2/c17-14-7-3-1-6-13(14)16(20)18-9-11(10-19)12-5-2-4-8-15(12)18/h1-10H. The van der Waals surface area contributed by atoms with E-state index in [-0.39, 0.29) is 5.91 Å². The molecule has 0 radical (unpaired) electrons. The van der Waals surface area contributed by atoms with Crippen molar-refractivity contribution in [2.75, 3.05) is 0 Å². The molecule has 4 heteroatoms. The van der Waals surface area contributed by atoms with Crippen molar-refractivity contribution in [2.24, 2.45) is 0 Å². The molecule has 0 aliphatic carbocycles. The van der Waals surface area contributed by atoms with Gasteiger partial charge in [0.2, 0.25) is 0 Å². The molecule has 3 nitrogen and oxygen atoms in total. The fraction of sp³-hybridized carbons (Fsp3) is 0. The molecule has 98 valence electrons. The van der Waals surface area contributed by atoms with Crippen molar-refractivity contribution in [1.82, 2.24) is 4.57 Å². The number of carbonyl (C=O) groups is 2. The van der Waals surface area contributed by atoms with E-state index in [0.29, 0.717) is 11.1 Å². The number of hydrogen-bond acceptors (Lipinski definition) is 2. The zero-order valence-corrected chi connectivity index (χ0v) is 12.0. The van der Waals surface area contributed by atoms with Crippen LogP contribution >= 0.6 is 15.9 Å². The lowest BCUT2D eigenvalue weighted by Gasteiger charge is -2.05. The van der Waals surface area contributed by atoms with Crippen LogP contribution in [-0.2, 0) is 0 Å². The number of hydrogen-bond donors (Lipinski definition) is 0. The molecule has 0 atom stereocenters. The molecule has 0 fully saturated rings. The van der Waals surface area contributed by atoms with Gasteiger partial charge >= 0.3 is 0 Å². The van der Waals surface area contributed by atoms with Gasteiger partial charge < -0.3 is 0 Å². The number of aldehydes is 1. The van der Waals surface area contributed by atoms with Crippen LogP contribution in [0.4, 0.5) is 0 Å². The van der Waals surface area contributed by atoms with Gasteiger partial charge in [0.25, 0.3) is 5.91 Å². The monoisotopic (exact) mass is 327 g/mol. The molecule has 0 N–H and O–H groups in total. The maximum atomic E-state index is 12.6. The molecule has 0 bridgehead atoms. The Morgan fingerprint density at radius 1 is 1.05 bits per heavy atom. The van der Waals surface area contributed by atoms with Crippen molar-refractivity contribution in [3.8, 4) is 0 Å². The number of carbonyl (C=O) groups excluding carboxylic acids is 2. The van der Waals surface area contributed by atoms with E-state index >= 15 is 0 Å². The molecule has 0 unspecified atom stereocenters. The van der Waals surface area contributed by atoms with E-state index in [4.69, 9.17) is 0 Å². The first-order chi connectivity index (χ1) is 9.72. The van der Waals surface area contributed by atoms with Crippen LogP contribution in [0.25, 0.3) is 10.9 Å². The fourth-order valence-electron chi connectivity index (χ4n) is 2.23. The smallest absolute Gasteiger partial charge is 0.263 e. The Balaban J connectivity index is 2.23. The molecular weight excluding hydrogens is 318 g/mol. The maximum absolute atomic E-state index is 12.6. The van der Waals surface area contributed by atoms with Crippen molar-refractivity contribution in [3.05, 3.63) is 70.3 Å². The molecule has 20 heavy (non-hydrogen) atoms. The van der Waals surface area contributed by atoms with Crippen molar-refractivity contribution >= 4 is 39.0 Å². The minimum Gasteiger partial charge on any atom is -0.298 e. The fourth-order valence-corrected chi connectivity index (χ4v) is 2.69. The lowest BCUT2D eigenvalue weighted by atomic mass is 10.2. The zero-order chi connectivity index (χ0) is 14.1. The largest absolute Gasteiger partial charge is 0.298 e. The number of rotatable bonds is 2. The molecular formula is C16H10BrNO2. The Hall–Kier alpha value is -2.20. The highest BCUT2D eigenvalue weighted by Gasteiger charge is 2.16. The predicted molar refractivity (Wildman–Crippen MR) is 81.2 cm³/mol. The van der Waals surface area contributed by atoms with Crippen molar-refractivity contribution in [2.45, 2.75) is 0 Å². The summed E-state index contributed by atoms with van der Waals surface area (Å²) in [5.41, 5.74) is 1.81.